The smallest absolute Gasteiger partial charge is 0.246 e. The third-order valence-electron chi connectivity index (χ3n) is 3.33. The Morgan fingerprint density at radius 2 is 1.57 bits per heavy atom. The highest BCUT2D eigenvalue weighted by Gasteiger charge is 2.26. The lowest BCUT2D eigenvalue weighted by atomic mass is 10.1. The number of hydrogen-bond acceptors (Lipinski definition) is 3. The third kappa shape index (κ3) is 5.00. The Morgan fingerprint density at radius 3 is 2.17 bits per heavy atom. The average Bonchev–Trinajstić information content (AvgIpc) is 2.52. The first-order chi connectivity index (χ1) is 10.6. The van der Waals surface area contributed by atoms with E-state index in [-0.39, 0.29) is 36.9 Å². The summed E-state index contributed by atoms with van der Waals surface area (Å²) in [5.74, 6) is -0.746. The lowest BCUT2D eigenvalue weighted by molar-refractivity contribution is 0.417. The molecule has 2 aromatic rings. The summed E-state index contributed by atoms with van der Waals surface area (Å²) in [6.07, 6.45) is 0.550. The predicted octanol–water partition coefficient (Wildman–Crippen LogP) is 2.44. The zero-order chi connectivity index (χ0) is 16.0. The molecule has 0 atom stereocenters. The van der Waals surface area contributed by atoms with Crippen LogP contribution in [-0.4, -0.2) is 32.4 Å². The number of benzene rings is 2. The average molecular weight is 359 g/mol. The quantitative estimate of drug-likeness (QED) is 0.826. The molecule has 0 radical (unpaired) electrons. The minimum atomic E-state index is -3.89. The second-order valence-corrected chi connectivity index (χ2v) is 6.77. The summed E-state index contributed by atoms with van der Waals surface area (Å²) in [5.41, 5.74) is 6.53. The Bertz CT molecular complexity index is 711. The molecule has 0 aromatic heterocycles. The molecule has 0 saturated carbocycles. The molecule has 0 aliphatic heterocycles. The van der Waals surface area contributed by atoms with Crippen molar-refractivity contribution in [2.24, 2.45) is 5.73 Å². The molecular weight excluding hydrogens is 339 g/mol. The molecule has 2 N–H and O–H groups in total. The van der Waals surface area contributed by atoms with Crippen LogP contribution in [0.15, 0.2) is 59.5 Å². The van der Waals surface area contributed by atoms with Crippen LogP contribution in [0.4, 0.5) is 4.39 Å². The van der Waals surface area contributed by atoms with Crippen LogP contribution in [0.5, 0.6) is 0 Å². The zero-order valence-corrected chi connectivity index (χ0v) is 14.2. The number of sulfonamides is 1. The Hall–Kier alpha value is -1.47. The molecule has 0 fully saturated rings. The van der Waals surface area contributed by atoms with Gasteiger partial charge in [0.25, 0.3) is 0 Å². The molecule has 126 valence electrons. The Labute approximate surface area is 142 Å². The van der Waals surface area contributed by atoms with Gasteiger partial charge in [-0.05, 0) is 24.1 Å². The summed E-state index contributed by atoms with van der Waals surface area (Å²) in [4.78, 5) is -0.309. The van der Waals surface area contributed by atoms with Gasteiger partial charge in [0.2, 0.25) is 10.0 Å². The van der Waals surface area contributed by atoms with Crippen molar-refractivity contribution in [2.45, 2.75) is 11.3 Å². The zero-order valence-electron chi connectivity index (χ0n) is 12.6. The van der Waals surface area contributed by atoms with Crippen LogP contribution in [0, 0.1) is 5.82 Å². The van der Waals surface area contributed by atoms with Gasteiger partial charge in [0.05, 0.1) is 0 Å². The Morgan fingerprint density at radius 1 is 0.957 bits per heavy atom. The molecule has 2 aromatic carbocycles. The van der Waals surface area contributed by atoms with Gasteiger partial charge in [-0.15, -0.1) is 12.4 Å². The van der Waals surface area contributed by atoms with Crippen molar-refractivity contribution in [3.05, 3.63) is 66.0 Å². The summed E-state index contributed by atoms with van der Waals surface area (Å²) in [6.45, 7) is 0.601. The van der Waals surface area contributed by atoms with E-state index in [1.165, 1.54) is 22.5 Å². The van der Waals surface area contributed by atoms with Gasteiger partial charge >= 0.3 is 0 Å². The van der Waals surface area contributed by atoms with Crippen LogP contribution >= 0.6 is 12.4 Å². The first-order valence-electron chi connectivity index (χ1n) is 7.04. The van der Waals surface area contributed by atoms with E-state index >= 15 is 0 Å². The van der Waals surface area contributed by atoms with E-state index in [1.54, 1.807) is 0 Å². The highest BCUT2D eigenvalue weighted by molar-refractivity contribution is 7.89. The van der Waals surface area contributed by atoms with Crippen molar-refractivity contribution >= 4 is 22.4 Å². The van der Waals surface area contributed by atoms with E-state index < -0.39 is 15.8 Å². The predicted molar refractivity (Wildman–Crippen MR) is 91.6 cm³/mol. The van der Waals surface area contributed by atoms with Crippen molar-refractivity contribution in [3.8, 4) is 0 Å². The van der Waals surface area contributed by atoms with E-state index in [1.807, 2.05) is 30.3 Å². The topological polar surface area (TPSA) is 63.4 Å². The van der Waals surface area contributed by atoms with Crippen LogP contribution in [0.25, 0.3) is 0 Å². The molecular formula is C16H20ClFN2O2S. The van der Waals surface area contributed by atoms with Crippen LogP contribution in [-0.2, 0) is 16.4 Å². The van der Waals surface area contributed by atoms with Crippen LogP contribution in [0.3, 0.4) is 0 Å². The molecule has 0 amide bonds. The molecule has 2 rings (SSSR count). The van der Waals surface area contributed by atoms with Gasteiger partial charge in [-0.25, -0.2) is 12.8 Å². The van der Waals surface area contributed by atoms with Crippen molar-refractivity contribution < 1.29 is 12.8 Å². The summed E-state index contributed by atoms with van der Waals surface area (Å²) in [6, 6.07) is 14.9. The van der Waals surface area contributed by atoms with Gasteiger partial charge < -0.3 is 5.73 Å². The van der Waals surface area contributed by atoms with E-state index in [4.69, 9.17) is 5.73 Å². The van der Waals surface area contributed by atoms with Crippen molar-refractivity contribution in [2.75, 3.05) is 19.6 Å². The van der Waals surface area contributed by atoms with Crippen molar-refractivity contribution in [1.29, 1.82) is 0 Å². The fourth-order valence-corrected chi connectivity index (χ4v) is 3.71. The van der Waals surface area contributed by atoms with Crippen molar-refractivity contribution in [3.63, 3.8) is 0 Å². The largest absolute Gasteiger partial charge is 0.329 e. The maximum absolute atomic E-state index is 13.8. The highest BCUT2D eigenvalue weighted by Crippen LogP contribution is 2.19. The summed E-state index contributed by atoms with van der Waals surface area (Å²) in [5, 5.41) is 0. The van der Waals surface area contributed by atoms with Gasteiger partial charge in [-0.3, -0.25) is 0 Å². The SMILES string of the molecule is Cl.NCCN(CCc1ccccc1)S(=O)(=O)c1ccccc1F. The van der Waals surface area contributed by atoms with Crippen LogP contribution < -0.4 is 5.73 Å². The molecule has 0 aliphatic rings. The van der Waals surface area contributed by atoms with Gasteiger partial charge in [0, 0.05) is 19.6 Å². The normalized spacial score (nSPS) is 11.3. The van der Waals surface area contributed by atoms with Crippen LogP contribution in [0.2, 0.25) is 0 Å². The number of halogens is 2. The first-order valence-corrected chi connectivity index (χ1v) is 8.48. The number of nitrogens with two attached hydrogens (primary N) is 1. The molecule has 0 saturated heterocycles. The summed E-state index contributed by atoms with van der Waals surface area (Å²) in [7, 11) is -3.89. The first kappa shape index (κ1) is 19.6. The molecule has 0 spiro atoms. The molecule has 7 heteroatoms. The number of nitrogens with zero attached hydrogens (tertiary/aromatic N) is 1. The van der Waals surface area contributed by atoms with Gasteiger partial charge in [-0.1, -0.05) is 42.5 Å². The summed E-state index contributed by atoms with van der Waals surface area (Å²) < 4.78 is 40.2. The van der Waals surface area contributed by atoms with E-state index in [0.717, 1.165) is 11.6 Å². The standard InChI is InChI=1S/C16H19FN2O2S.ClH/c17-15-8-4-5-9-16(15)22(20,21)19(13-11-18)12-10-14-6-2-1-3-7-14;/h1-9H,10-13,18H2;1H. The minimum absolute atomic E-state index is 0. The molecule has 0 bridgehead atoms. The fraction of sp³-hybridized carbons (Fsp3) is 0.250. The molecule has 23 heavy (non-hydrogen) atoms. The Kier molecular flexibility index (Phi) is 7.64. The van der Waals surface area contributed by atoms with E-state index in [9.17, 15) is 12.8 Å². The molecule has 0 aliphatic carbocycles. The second kappa shape index (κ2) is 8.98. The highest BCUT2D eigenvalue weighted by atomic mass is 35.5. The molecule has 0 heterocycles. The van der Waals surface area contributed by atoms with E-state index in [0.29, 0.717) is 6.42 Å². The van der Waals surface area contributed by atoms with Gasteiger partial charge in [-0.2, -0.15) is 4.31 Å². The Balaban J connectivity index is 0.00000264. The number of hydrogen-bond donors (Lipinski definition) is 1. The lowest BCUT2D eigenvalue weighted by Crippen LogP contribution is -2.37. The third-order valence-corrected chi connectivity index (χ3v) is 5.26. The maximum Gasteiger partial charge on any atom is 0.246 e. The lowest BCUT2D eigenvalue weighted by Gasteiger charge is -2.21. The maximum atomic E-state index is 13.8. The van der Waals surface area contributed by atoms with Crippen molar-refractivity contribution in [1.82, 2.24) is 4.31 Å². The monoisotopic (exact) mass is 358 g/mol. The molecule has 4 nitrogen and oxygen atoms in total. The van der Waals surface area contributed by atoms with Gasteiger partial charge in [0.15, 0.2) is 0 Å². The fourth-order valence-electron chi connectivity index (χ4n) is 2.19. The second-order valence-electron chi connectivity index (χ2n) is 4.86. The number of rotatable bonds is 7. The minimum Gasteiger partial charge on any atom is -0.329 e. The van der Waals surface area contributed by atoms with Gasteiger partial charge in [0.1, 0.15) is 10.7 Å². The summed E-state index contributed by atoms with van der Waals surface area (Å²) >= 11 is 0. The van der Waals surface area contributed by atoms with Crippen LogP contribution in [0.1, 0.15) is 5.56 Å². The van der Waals surface area contributed by atoms with E-state index in [2.05, 4.69) is 0 Å². The molecule has 0 unspecified atom stereocenters.